The Labute approximate surface area is 125 Å². The molecule has 4 N–H and O–H groups in total. The first-order valence-electron chi connectivity index (χ1n) is 6.60. The van der Waals surface area contributed by atoms with Crippen LogP contribution >= 0.6 is 0 Å². The number of benzene rings is 1. The van der Waals surface area contributed by atoms with Gasteiger partial charge in [-0.25, -0.2) is 22.0 Å². The Hall–Kier alpha value is -1.16. The van der Waals surface area contributed by atoms with E-state index < -0.39 is 20.0 Å². The third-order valence-corrected chi connectivity index (χ3v) is 5.66. The number of nitrogens with one attached hydrogen (secondary N) is 2. The largest absolute Gasteiger partial charge is 0.316 e. The molecule has 1 heterocycles. The van der Waals surface area contributed by atoms with E-state index >= 15 is 0 Å². The fourth-order valence-corrected chi connectivity index (χ4v) is 4.37. The number of sulfonamides is 2. The van der Waals surface area contributed by atoms with Crippen molar-refractivity contribution in [3.63, 3.8) is 0 Å². The average Bonchev–Trinajstić information content (AvgIpc) is 2.38. The van der Waals surface area contributed by atoms with Crippen LogP contribution in [0.1, 0.15) is 12.8 Å². The molecule has 0 saturated carbocycles. The van der Waals surface area contributed by atoms with Crippen LogP contribution in [0, 0.1) is 5.92 Å². The van der Waals surface area contributed by atoms with Gasteiger partial charge in [0.25, 0.3) is 0 Å². The summed E-state index contributed by atoms with van der Waals surface area (Å²) >= 11 is 0. The molecule has 9 heteroatoms. The maximum atomic E-state index is 12.1. The van der Waals surface area contributed by atoms with Crippen LogP contribution in [-0.4, -0.2) is 35.7 Å². The highest BCUT2D eigenvalue weighted by atomic mass is 32.2. The number of rotatable bonds is 5. The molecular formula is C12H19N3O4S2. The van der Waals surface area contributed by atoms with Gasteiger partial charge in [0.2, 0.25) is 20.0 Å². The van der Waals surface area contributed by atoms with E-state index in [-0.39, 0.29) is 22.3 Å². The van der Waals surface area contributed by atoms with Crippen molar-refractivity contribution >= 4 is 25.7 Å². The fourth-order valence-electron chi connectivity index (χ4n) is 2.33. The molecule has 0 aromatic heterocycles. The van der Waals surface area contributed by atoms with Gasteiger partial charge >= 0.3 is 0 Å². The van der Waals surface area contributed by atoms with E-state index in [2.05, 4.69) is 10.0 Å². The van der Waals surface area contributed by atoms with Crippen molar-refractivity contribution in [2.24, 2.45) is 11.1 Å². The maximum absolute atomic E-state index is 12.1. The predicted octanol–water partition coefficient (Wildman–Crippen LogP) is 0.0753. The van der Waals surface area contributed by atoms with Gasteiger partial charge in [-0.15, -0.1) is 0 Å². The lowest BCUT2D eigenvalue weighted by Crippen LogP contribution is -2.35. The van der Waals surface area contributed by atoms with E-state index in [0.29, 0.717) is 6.54 Å². The normalized spacial score (nSPS) is 20.1. The predicted molar refractivity (Wildman–Crippen MR) is 80.8 cm³/mol. The van der Waals surface area contributed by atoms with Gasteiger partial charge in [-0.05, 0) is 50.0 Å². The second-order valence-electron chi connectivity index (χ2n) is 5.17. The minimum atomic E-state index is -3.85. The van der Waals surface area contributed by atoms with Crippen LogP contribution in [0.2, 0.25) is 0 Å². The highest BCUT2D eigenvalue weighted by molar-refractivity contribution is 7.92. The fraction of sp³-hybridized carbons (Fsp3) is 0.500. The zero-order chi connectivity index (χ0) is 15.5. The Morgan fingerprint density at radius 3 is 2.67 bits per heavy atom. The van der Waals surface area contributed by atoms with Gasteiger partial charge in [0.05, 0.1) is 10.6 Å². The van der Waals surface area contributed by atoms with E-state index in [1.807, 2.05) is 0 Å². The zero-order valence-electron chi connectivity index (χ0n) is 11.4. The summed E-state index contributed by atoms with van der Waals surface area (Å²) in [4.78, 5) is -0.123. The van der Waals surface area contributed by atoms with Crippen molar-refractivity contribution in [2.75, 3.05) is 23.6 Å². The van der Waals surface area contributed by atoms with Crippen molar-refractivity contribution in [1.82, 2.24) is 5.32 Å². The molecule has 1 saturated heterocycles. The molecular weight excluding hydrogens is 314 g/mol. The molecule has 1 aromatic rings. The lowest BCUT2D eigenvalue weighted by molar-refractivity contribution is 0.404. The maximum Gasteiger partial charge on any atom is 0.238 e. The monoisotopic (exact) mass is 333 g/mol. The summed E-state index contributed by atoms with van der Waals surface area (Å²) in [6.07, 6.45) is 1.83. The van der Waals surface area contributed by atoms with Crippen molar-refractivity contribution in [2.45, 2.75) is 17.7 Å². The molecule has 118 valence electrons. The van der Waals surface area contributed by atoms with Gasteiger partial charge in [0, 0.05) is 5.69 Å². The van der Waals surface area contributed by atoms with Crippen LogP contribution in [-0.2, 0) is 20.0 Å². The second-order valence-corrected chi connectivity index (χ2v) is 8.50. The molecule has 0 bridgehead atoms. The van der Waals surface area contributed by atoms with Gasteiger partial charge in [0.1, 0.15) is 0 Å². The molecule has 1 fully saturated rings. The molecule has 0 amide bonds. The Morgan fingerprint density at radius 1 is 1.29 bits per heavy atom. The van der Waals surface area contributed by atoms with Crippen LogP contribution in [0.3, 0.4) is 0 Å². The molecule has 1 aliphatic rings. The van der Waals surface area contributed by atoms with Crippen molar-refractivity contribution in [3.8, 4) is 0 Å². The van der Waals surface area contributed by atoms with Crippen LogP contribution in [0.4, 0.5) is 5.69 Å². The molecule has 2 rings (SSSR count). The minimum absolute atomic E-state index is 0.0135. The lowest BCUT2D eigenvalue weighted by Gasteiger charge is -2.22. The third kappa shape index (κ3) is 4.95. The summed E-state index contributed by atoms with van der Waals surface area (Å²) < 4.78 is 49.1. The SMILES string of the molecule is NS(=O)(=O)c1cccc(NS(=O)(=O)CC2CCCNC2)c1. The summed E-state index contributed by atoms with van der Waals surface area (Å²) in [5, 5.41) is 8.19. The molecule has 1 atom stereocenters. The van der Waals surface area contributed by atoms with E-state index in [9.17, 15) is 16.8 Å². The van der Waals surface area contributed by atoms with Crippen LogP contribution in [0.5, 0.6) is 0 Å². The summed E-state index contributed by atoms with van der Waals surface area (Å²) in [5.74, 6) is 0.0808. The van der Waals surface area contributed by atoms with Crippen molar-refractivity contribution < 1.29 is 16.8 Å². The third-order valence-electron chi connectivity index (χ3n) is 3.29. The molecule has 7 nitrogen and oxygen atoms in total. The second kappa shape index (κ2) is 6.30. The van der Waals surface area contributed by atoms with E-state index in [0.717, 1.165) is 19.4 Å². The van der Waals surface area contributed by atoms with Crippen molar-refractivity contribution in [1.29, 1.82) is 0 Å². The first-order chi connectivity index (χ1) is 9.76. The number of primary sulfonamides is 1. The van der Waals surface area contributed by atoms with E-state index in [4.69, 9.17) is 5.14 Å². The lowest BCUT2D eigenvalue weighted by atomic mass is 10.0. The summed E-state index contributed by atoms with van der Waals surface area (Å²) in [6, 6.07) is 5.47. The number of hydrogen-bond donors (Lipinski definition) is 3. The summed E-state index contributed by atoms with van der Waals surface area (Å²) in [5.41, 5.74) is 0.199. The summed E-state index contributed by atoms with van der Waals surface area (Å²) in [7, 11) is -7.38. The van der Waals surface area contributed by atoms with Gasteiger partial charge in [0.15, 0.2) is 0 Å². The summed E-state index contributed by atoms with van der Waals surface area (Å²) in [6.45, 7) is 1.60. The average molecular weight is 333 g/mol. The quantitative estimate of drug-likeness (QED) is 0.705. The first kappa shape index (κ1) is 16.2. The topological polar surface area (TPSA) is 118 Å². The molecule has 1 aliphatic heterocycles. The molecule has 0 radical (unpaired) electrons. The Balaban J connectivity index is 2.09. The van der Waals surface area contributed by atoms with Crippen LogP contribution in [0.25, 0.3) is 0 Å². The zero-order valence-corrected chi connectivity index (χ0v) is 13.1. The molecule has 21 heavy (non-hydrogen) atoms. The smallest absolute Gasteiger partial charge is 0.238 e. The van der Waals surface area contributed by atoms with Gasteiger partial charge in [-0.2, -0.15) is 0 Å². The Kier molecular flexibility index (Phi) is 4.87. The van der Waals surface area contributed by atoms with Crippen molar-refractivity contribution in [3.05, 3.63) is 24.3 Å². The molecule has 0 spiro atoms. The minimum Gasteiger partial charge on any atom is -0.316 e. The number of anilines is 1. The van der Waals surface area contributed by atoms with Gasteiger partial charge in [-0.3, -0.25) is 4.72 Å². The molecule has 0 aliphatic carbocycles. The number of hydrogen-bond acceptors (Lipinski definition) is 5. The Bertz CT molecular complexity index is 695. The van der Waals surface area contributed by atoms with Gasteiger partial charge < -0.3 is 5.32 Å². The van der Waals surface area contributed by atoms with Crippen LogP contribution in [0.15, 0.2) is 29.2 Å². The van der Waals surface area contributed by atoms with E-state index in [1.165, 1.54) is 24.3 Å². The number of nitrogens with two attached hydrogens (primary N) is 1. The standard InChI is InChI=1S/C12H19N3O4S2/c13-21(18,19)12-5-1-4-11(7-12)15-20(16,17)9-10-3-2-6-14-8-10/h1,4-5,7,10,14-15H,2-3,6,8-9H2,(H2,13,18,19). The number of piperidine rings is 1. The van der Waals surface area contributed by atoms with E-state index in [1.54, 1.807) is 0 Å². The highest BCUT2D eigenvalue weighted by Gasteiger charge is 2.21. The molecule has 1 unspecified atom stereocenters. The Morgan fingerprint density at radius 2 is 2.05 bits per heavy atom. The highest BCUT2D eigenvalue weighted by Crippen LogP contribution is 2.18. The van der Waals surface area contributed by atoms with Crippen LogP contribution < -0.4 is 15.2 Å². The van der Waals surface area contributed by atoms with Gasteiger partial charge in [-0.1, -0.05) is 6.07 Å². The molecule has 1 aromatic carbocycles. The first-order valence-corrected chi connectivity index (χ1v) is 9.80.